The van der Waals surface area contributed by atoms with Crippen LogP contribution in [0.1, 0.15) is 134 Å². The molecule has 1 aromatic heterocycles. The van der Waals surface area contributed by atoms with Gasteiger partial charge in [-0.05, 0) is 109 Å². The zero-order chi connectivity index (χ0) is 35.8. The van der Waals surface area contributed by atoms with Gasteiger partial charge < -0.3 is 4.74 Å². The first-order valence-corrected chi connectivity index (χ1v) is 17.8. The van der Waals surface area contributed by atoms with E-state index >= 15 is 0 Å². The molecule has 45 heavy (non-hydrogen) atoms. The van der Waals surface area contributed by atoms with Crippen LogP contribution in [-0.2, 0) is 11.2 Å². The monoisotopic (exact) mass is 647 g/mol. The zero-order valence-corrected chi connectivity index (χ0v) is 33.1. The average Bonchev–Trinajstić information content (AvgIpc) is 3.55. The van der Waals surface area contributed by atoms with Gasteiger partial charge in [0.15, 0.2) is 0 Å². The second kappa shape index (κ2) is 33.0. The fourth-order valence-corrected chi connectivity index (χ4v) is 4.07. The number of unbranched alkanes of at least 4 members (excludes halogenated alkanes) is 1. The molecule has 0 radical (unpaired) electrons. The number of rotatable bonds is 13. The number of ether oxygens (including phenoxy) is 1. The van der Waals surface area contributed by atoms with Crippen molar-refractivity contribution in [1.29, 1.82) is 0 Å². The van der Waals surface area contributed by atoms with E-state index in [0.29, 0.717) is 11.3 Å². The van der Waals surface area contributed by atoms with Crippen molar-refractivity contribution in [3.63, 3.8) is 0 Å². The van der Waals surface area contributed by atoms with Crippen LogP contribution < -0.4 is 0 Å². The van der Waals surface area contributed by atoms with Gasteiger partial charge in [-0.15, -0.1) is 11.3 Å². The maximum atomic E-state index is 14.9. The van der Waals surface area contributed by atoms with Crippen molar-refractivity contribution in [2.45, 2.75) is 142 Å². The predicted molar refractivity (Wildman–Crippen MR) is 209 cm³/mol. The Kier molecular flexibility index (Phi) is 36.3. The molecule has 0 fully saturated rings. The zero-order valence-electron chi connectivity index (χ0n) is 32.3. The third-order valence-corrected chi connectivity index (χ3v) is 6.86. The lowest BCUT2D eigenvalue weighted by Crippen LogP contribution is -2.22. The molecule has 0 saturated heterocycles. The fraction of sp³-hybridized carbons (Fsp3) is 0.600. The third-order valence-electron chi connectivity index (χ3n) is 5.84. The van der Waals surface area contributed by atoms with Gasteiger partial charge >= 0.3 is 0 Å². The van der Waals surface area contributed by atoms with Crippen LogP contribution in [0.25, 0.3) is 0 Å². The summed E-state index contributed by atoms with van der Waals surface area (Å²) in [6.45, 7) is 35.3. The molecule has 1 aromatic rings. The van der Waals surface area contributed by atoms with Crippen molar-refractivity contribution in [3.8, 4) is 0 Å². The third kappa shape index (κ3) is 27.6. The first-order valence-electron chi connectivity index (χ1n) is 16.9. The van der Waals surface area contributed by atoms with E-state index in [1.165, 1.54) is 24.1 Å². The summed E-state index contributed by atoms with van der Waals surface area (Å²) >= 11 is 1.82. The molecule has 0 aliphatic carbocycles. The van der Waals surface area contributed by atoms with Gasteiger partial charge in [0, 0.05) is 42.6 Å². The van der Waals surface area contributed by atoms with Crippen LogP contribution in [0.3, 0.4) is 0 Å². The van der Waals surface area contributed by atoms with Crippen molar-refractivity contribution < 1.29 is 9.13 Å². The van der Waals surface area contributed by atoms with E-state index in [0.717, 1.165) is 54.0 Å². The molecule has 5 heteroatoms. The Morgan fingerprint density at radius 2 is 1.42 bits per heavy atom. The molecule has 1 heterocycles. The lowest BCUT2D eigenvalue weighted by atomic mass is 9.91. The molecule has 3 nitrogen and oxygen atoms in total. The van der Waals surface area contributed by atoms with Gasteiger partial charge in [0.05, 0.1) is 5.70 Å². The van der Waals surface area contributed by atoms with Gasteiger partial charge in [0.25, 0.3) is 0 Å². The number of alkyl halides is 1. The summed E-state index contributed by atoms with van der Waals surface area (Å²) in [5.74, 6) is 0. The van der Waals surface area contributed by atoms with E-state index < -0.39 is 5.67 Å². The van der Waals surface area contributed by atoms with Crippen LogP contribution in [0.2, 0.25) is 0 Å². The molecule has 1 rings (SSSR count). The van der Waals surface area contributed by atoms with Gasteiger partial charge in [0.1, 0.15) is 5.67 Å². The van der Waals surface area contributed by atoms with Gasteiger partial charge in [0.2, 0.25) is 0 Å². The largest absolute Gasteiger partial charge is 0.381 e. The van der Waals surface area contributed by atoms with Crippen molar-refractivity contribution >= 4 is 23.3 Å². The molecule has 0 N–H and O–H groups in total. The molecule has 260 valence electrons. The number of halogens is 1. The first kappa shape index (κ1) is 49.5. The Labute approximate surface area is 284 Å². The van der Waals surface area contributed by atoms with Crippen LogP contribution in [-0.4, -0.2) is 37.9 Å². The number of nitrogens with zero attached hydrogens (tertiary/aromatic N) is 2. The van der Waals surface area contributed by atoms with Gasteiger partial charge in [-0.25, -0.2) is 4.39 Å². The van der Waals surface area contributed by atoms with Crippen LogP contribution in [0.5, 0.6) is 0 Å². The number of allylic oxidation sites excluding steroid dienone is 8. The fourth-order valence-electron chi connectivity index (χ4n) is 3.42. The minimum atomic E-state index is -1.52. The summed E-state index contributed by atoms with van der Waals surface area (Å²) < 4.78 is 20.1. The highest BCUT2D eigenvalue weighted by molar-refractivity contribution is 7.09. The molecule has 0 unspecified atom stereocenters. The standard InChI is InChI=1S/C22H33FN2.C6H14O.C6H8S.C4H10.C2H6/c1-11-18(19(12-2)14-24-10)13-20(22(8,9)23)17(7)25-21(15(3)4)16(5)6;1-3-5-7-6-4-2;1-2-6-4-3-5-7-6;1-3-4-2;1-2/h11-14H,3H2,1-2,4-10H3;3-6H2,1-2H3;3-5H,2H2,1H3;3-4H2,1-2H3;1-2H3/b18-11+,19-12+,20-13+,24-14?,25-17?;;;;. The van der Waals surface area contributed by atoms with E-state index in [1.54, 1.807) is 27.1 Å². The van der Waals surface area contributed by atoms with E-state index in [1.807, 2.05) is 85.0 Å². The summed E-state index contributed by atoms with van der Waals surface area (Å²) in [6.07, 6.45) is 13.6. The average molecular weight is 647 g/mol. The molecule has 0 amide bonds. The topological polar surface area (TPSA) is 34.0 Å². The van der Waals surface area contributed by atoms with Crippen molar-refractivity contribution in [2.75, 3.05) is 20.3 Å². The van der Waals surface area contributed by atoms with Gasteiger partial charge in [-0.2, -0.15) is 0 Å². The lowest BCUT2D eigenvalue weighted by Gasteiger charge is -2.21. The molecule has 0 aliphatic heterocycles. The number of aliphatic imine (C=N–C) groups is 2. The molecular formula is C40H71FN2OS. The molecule has 0 atom stereocenters. The second-order valence-corrected chi connectivity index (χ2v) is 11.8. The van der Waals surface area contributed by atoms with Gasteiger partial charge in [-0.1, -0.05) is 91.7 Å². The Morgan fingerprint density at radius 1 is 0.911 bits per heavy atom. The summed E-state index contributed by atoms with van der Waals surface area (Å²) in [5, 5.41) is 2.11. The number of aryl methyl sites for hydroxylation is 1. The molecular weight excluding hydrogens is 576 g/mol. The molecule has 0 aliphatic rings. The normalized spacial score (nSPS) is 12.0. The molecule has 0 saturated carbocycles. The van der Waals surface area contributed by atoms with Crippen LogP contribution >= 0.6 is 11.3 Å². The molecule has 0 spiro atoms. The highest BCUT2D eigenvalue weighted by atomic mass is 32.1. The van der Waals surface area contributed by atoms with Crippen LogP contribution in [0, 0.1) is 0 Å². The van der Waals surface area contributed by atoms with E-state index in [2.05, 4.69) is 68.7 Å². The van der Waals surface area contributed by atoms with Gasteiger partial charge in [-0.3, -0.25) is 9.98 Å². The Morgan fingerprint density at radius 3 is 1.69 bits per heavy atom. The smallest absolute Gasteiger partial charge is 0.132 e. The SMILES string of the molecule is C=C(C)C(N=C(C)\C(=C/C(=C\C)C(/C=NC)=C/C)C(C)(C)F)=C(C)C.CC.CCCC.CCCOCCC.CCc1cccs1. The number of hydrogen-bond acceptors (Lipinski definition) is 4. The van der Waals surface area contributed by atoms with Crippen molar-refractivity contribution in [1.82, 2.24) is 0 Å². The summed E-state index contributed by atoms with van der Waals surface area (Å²) in [5.41, 5.74) is 4.27. The maximum absolute atomic E-state index is 14.9. The minimum Gasteiger partial charge on any atom is -0.381 e. The Balaban J connectivity index is -0.000000336. The van der Waals surface area contributed by atoms with Crippen molar-refractivity contribution in [2.24, 2.45) is 9.98 Å². The Hall–Kier alpha value is -2.37. The summed E-state index contributed by atoms with van der Waals surface area (Å²) in [6, 6.07) is 4.24. The van der Waals surface area contributed by atoms with E-state index in [-0.39, 0.29) is 0 Å². The molecule has 0 bridgehead atoms. The minimum absolute atomic E-state index is 0.546. The predicted octanol–water partition coefficient (Wildman–Crippen LogP) is 13.6. The highest BCUT2D eigenvalue weighted by Crippen LogP contribution is 2.27. The second-order valence-electron chi connectivity index (χ2n) is 10.8. The lowest BCUT2D eigenvalue weighted by molar-refractivity contribution is 0.135. The number of thiophene rings is 1. The quantitative estimate of drug-likeness (QED) is 0.119. The van der Waals surface area contributed by atoms with E-state index in [9.17, 15) is 4.39 Å². The maximum Gasteiger partial charge on any atom is 0.132 e. The summed E-state index contributed by atoms with van der Waals surface area (Å²) in [7, 11) is 1.72. The first-order chi connectivity index (χ1) is 21.2. The summed E-state index contributed by atoms with van der Waals surface area (Å²) in [4.78, 5) is 10.2. The Bertz CT molecular complexity index is 1020. The van der Waals surface area contributed by atoms with Crippen LogP contribution in [0.4, 0.5) is 4.39 Å². The van der Waals surface area contributed by atoms with Crippen LogP contribution in [0.15, 0.2) is 85.9 Å². The number of hydrogen-bond donors (Lipinski definition) is 0. The highest BCUT2D eigenvalue weighted by Gasteiger charge is 2.25. The van der Waals surface area contributed by atoms with Crippen molar-refractivity contribution in [3.05, 3.63) is 80.8 Å². The molecule has 0 aromatic carbocycles. The van der Waals surface area contributed by atoms with E-state index in [4.69, 9.17) is 4.74 Å².